The second-order valence-electron chi connectivity index (χ2n) is 6.38. The summed E-state index contributed by atoms with van der Waals surface area (Å²) >= 11 is 0. The molecule has 3 aliphatic rings. The van der Waals surface area contributed by atoms with Crippen molar-refractivity contribution in [2.75, 3.05) is 13.7 Å². The molecule has 2 heterocycles. The number of allylic oxidation sites excluding steroid dienone is 1. The summed E-state index contributed by atoms with van der Waals surface area (Å²) in [5.41, 5.74) is 0.207. The average Bonchev–Trinajstić information content (AvgIpc) is 3.04. The molecule has 5 N–H and O–H groups in total. The number of esters is 1. The molecule has 0 unspecified atom stereocenters. The van der Waals surface area contributed by atoms with Crippen molar-refractivity contribution in [1.82, 2.24) is 0 Å². The molecule has 0 aromatic carbocycles. The molecule has 1 saturated heterocycles. The lowest BCUT2D eigenvalue weighted by Gasteiger charge is -2.42. The lowest BCUT2D eigenvalue weighted by molar-refractivity contribution is -0.343. The molecule has 1 fully saturated rings. The van der Waals surface area contributed by atoms with Crippen molar-refractivity contribution in [3.8, 4) is 0 Å². The number of methoxy groups -OCH3 is 1. The Labute approximate surface area is 148 Å². The monoisotopic (exact) mass is 374 g/mol. The van der Waals surface area contributed by atoms with Gasteiger partial charge in [0.05, 0.1) is 37.6 Å². The molecule has 0 radical (unpaired) electrons. The van der Waals surface area contributed by atoms with Gasteiger partial charge < -0.3 is 44.5 Å². The van der Waals surface area contributed by atoms with E-state index >= 15 is 0 Å². The van der Waals surface area contributed by atoms with E-state index in [-0.39, 0.29) is 5.57 Å². The number of aliphatic hydroxyl groups is 5. The van der Waals surface area contributed by atoms with Crippen LogP contribution >= 0.6 is 0 Å². The number of fused-ring (bicyclic) bond motifs is 1. The molecule has 0 aromatic rings. The SMILES string of the molecule is COC(=O)C1=CO[C@@H](O[C@@H]2O[C@H](CO)[C@@H](O)[C@H](O)[C@H]2O)[C@H]2[C@@H]1C=C[C@@H]2O. The molecule has 9 atom stereocenters. The van der Waals surface area contributed by atoms with Crippen LogP contribution in [0.4, 0.5) is 0 Å². The molecule has 10 heteroatoms. The second-order valence-corrected chi connectivity index (χ2v) is 6.38. The smallest absolute Gasteiger partial charge is 0.337 e. The first kappa shape index (κ1) is 19.2. The van der Waals surface area contributed by atoms with Gasteiger partial charge in [-0.05, 0) is 0 Å². The molecule has 0 amide bonds. The van der Waals surface area contributed by atoms with Crippen LogP contribution in [0.25, 0.3) is 0 Å². The lowest BCUT2D eigenvalue weighted by atomic mass is 9.85. The van der Waals surface area contributed by atoms with Gasteiger partial charge in [-0.25, -0.2) is 4.79 Å². The van der Waals surface area contributed by atoms with E-state index < -0.39 is 67.5 Å². The van der Waals surface area contributed by atoms with Crippen LogP contribution in [-0.2, 0) is 23.7 Å². The van der Waals surface area contributed by atoms with Crippen molar-refractivity contribution in [3.05, 3.63) is 24.0 Å². The van der Waals surface area contributed by atoms with Gasteiger partial charge in [0, 0.05) is 5.92 Å². The topological polar surface area (TPSA) is 155 Å². The summed E-state index contributed by atoms with van der Waals surface area (Å²) in [5, 5.41) is 49.1. The molecule has 2 aliphatic heterocycles. The van der Waals surface area contributed by atoms with E-state index in [2.05, 4.69) is 0 Å². The van der Waals surface area contributed by atoms with Gasteiger partial charge in [-0.1, -0.05) is 12.2 Å². The van der Waals surface area contributed by atoms with E-state index in [1.165, 1.54) is 13.2 Å². The molecule has 10 nitrogen and oxygen atoms in total. The number of rotatable bonds is 4. The number of hydrogen-bond donors (Lipinski definition) is 5. The third-order valence-electron chi connectivity index (χ3n) is 4.86. The third-order valence-corrected chi connectivity index (χ3v) is 4.86. The highest BCUT2D eigenvalue weighted by Gasteiger charge is 2.50. The van der Waals surface area contributed by atoms with Gasteiger partial charge in [-0.15, -0.1) is 0 Å². The van der Waals surface area contributed by atoms with Gasteiger partial charge >= 0.3 is 5.97 Å². The predicted molar refractivity (Wildman–Crippen MR) is 82.0 cm³/mol. The molecule has 3 rings (SSSR count). The average molecular weight is 374 g/mol. The standard InChI is InChI=1S/C16H22O10/c1-23-14(22)7-5-24-15(10-6(7)2-3-8(10)18)26-16-13(21)12(20)11(19)9(4-17)25-16/h2-3,5-6,8-13,15-21H,4H2,1H3/t6-,8+,9-,10+,11-,12+,13-,15+,16+/m1/s1. The largest absolute Gasteiger partial charge is 0.471 e. The Kier molecular flexibility index (Phi) is 5.63. The van der Waals surface area contributed by atoms with Crippen molar-refractivity contribution in [3.63, 3.8) is 0 Å². The zero-order valence-corrected chi connectivity index (χ0v) is 13.9. The first-order valence-corrected chi connectivity index (χ1v) is 8.15. The summed E-state index contributed by atoms with van der Waals surface area (Å²) in [7, 11) is 1.23. The van der Waals surface area contributed by atoms with E-state index in [1.54, 1.807) is 6.08 Å². The third kappa shape index (κ3) is 3.25. The van der Waals surface area contributed by atoms with Gasteiger partial charge in [-0.2, -0.15) is 0 Å². The van der Waals surface area contributed by atoms with Gasteiger partial charge in [-0.3, -0.25) is 0 Å². The van der Waals surface area contributed by atoms with Crippen molar-refractivity contribution in [2.24, 2.45) is 11.8 Å². The van der Waals surface area contributed by atoms with Crippen LogP contribution in [0.5, 0.6) is 0 Å². The maximum Gasteiger partial charge on any atom is 0.337 e. The van der Waals surface area contributed by atoms with E-state index in [9.17, 15) is 30.3 Å². The highest BCUT2D eigenvalue weighted by Crippen LogP contribution is 2.40. The summed E-state index contributed by atoms with van der Waals surface area (Å²) in [6.45, 7) is -0.598. The summed E-state index contributed by atoms with van der Waals surface area (Å²) in [6.07, 6.45) is -5.09. The minimum atomic E-state index is -1.60. The van der Waals surface area contributed by atoms with Crippen LogP contribution in [0.3, 0.4) is 0 Å². The number of ether oxygens (including phenoxy) is 4. The maximum atomic E-state index is 11.8. The zero-order chi connectivity index (χ0) is 19.0. The minimum Gasteiger partial charge on any atom is -0.471 e. The fraction of sp³-hybridized carbons (Fsp3) is 0.688. The van der Waals surface area contributed by atoms with Gasteiger partial charge in [0.1, 0.15) is 24.4 Å². The van der Waals surface area contributed by atoms with E-state index in [4.69, 9.17) is 18.9 Å². The number of carbonyl (C=O) groups excluding carboxylic acids is 1. The summed E-state index contributed by atoms with van der Waals surface area (Å²) in [6, 6.07) is 0. The van der Waals surface area contributed by atoms with Crippen LogP contribution in [0.2, 0.25) is 0 Å². The molecular formula is C16H22O10. The summed E-state index contributed by atoms with van der Waals surface area (Å²) < 4.78 is 20.9. The second kappa shape index (κ2) is 7.61. The number of aliphatic hydroxyl groups excluding tert-OH is 5. The molecule has 0 saturated carbocycles. The van der Waals surface area contributed by atoms with E-state index in [1.807, 2.05) is 0 Å². The number of hydrogen-bond acceptors (Lipinski definition) is 10. The highest BCUT2D eigenvalue weighted by atomic mass is 16.8. The predicted octanol–water partition coefficient (Wildman–Crippen LogP) is -2.62. The Bertz CT molecular complexity index is 588. The first-order valence-electron chi connectivity index (χ1n) is 8.15. The van der Waals surface area contributed by atoms with E-state index in [0.29, 0.717) is 0 Å². The normalized spacial score (nSPS) is 44.8. The molecule has 0 aromatic heterocycles. The zero-order valence-electron chi connectivity index (χ0n) is 13.9. The highest BCUT2D eigenvalue weighted by molar-refractivity contribution is 5.89. The molecule has 0 bridgehead atoms. The quantitative estimate of drug-likeness (QED) is 0.261. The van der Waals surface area contributed by atoms with Crippen molar-refractivity contribution < 1.29 is 49.3 Å². The summed E-state index contributed by atoms with van der Waals surface area (Å²) in [4.78, 5) is 11.8. The Hall–Kier alpha value is -1.53. The number of carbonyl (C=O) groups is 1. The van der Waals surface area contributed by atoms with Gasteiger partial charge in [0.2, 0.25) is 6.29 Å². The molecule has 0 spiro atoms. The summed E-state index contributed by atoms with van der Waals surface area (Å²) in [5.74, 6) is -1.84. The Balaban J connectivity index is 1.77. The van der Waals surface area contributed by atoms with Crippen LogP contribution < -0.4 is 0 Å². The van der Waals surface area contributed by atoms with Gasteiger partial charge in [0.25, 0.3) is 0 Å². The molecule has 26 heavy (non-hydrogen) atoms. The Morgan fingerprint density at radius 1 is 1.12 bits per heavy atom. The van der Waals surface area contributed by atoms with Crippen molar-refractivity contribution in [1.29, 1.82) is 0 Å². The first-order chi connectivity index (χ1) is 12.4. The molecule has 146 valence electrons. The fourth-order valence-electron chi connectivity index (χ4n) is 3.39. The molecular weight excluding hydrogens is 352 g/mol. The Morgan fingerprint density at radius 3 is 2.50 bits per heavy atom. The van der Waals surface area contributed by atoms with Crippen molar-refractivity contribution in [2.45, 2.75) is 43.1 Å². The van der Waals surface area contributed by atoms with Gasteiger partial charge in [0.15, 0.2) is 6.29 Å². The van der Waals surface area contributed by atoms with Crippen molar-refractivity contribution >= 4 is 5.97 Å². The van der Waals surface area contributed by atoms with Crippen LogP contribution in [0.1, 0.15) is 0 Å². The van der Waals surface area contributed by atoms with E-state index in [0.717, 1.165) is 6.26 Å². The Morgan fingerprint density at radius 2 is 1.85 bits per heavy atom. The van der Waals surface area contributed by atoms with Crippen LogP contribution in [-0.4, -0.2) is 88.3 Å². The van der Waals surface area contributed by atoms with Crippen LogP contribution in [0, 0.1) is 11.8 Å². The lowest BCUT2D eigenvalue weighted by Crippen LogP contribution is -2.60. The molecule has 1 aliphatic carbocycles. The fourth-order valence-corrected chi connectivity index (χ4v) is 3.39. The van der Waals surface area contributed by atoms with Crippen LogP contribution in [0.15, 0.2) is 24.0 Å². The minimum absolute atomic E-state index is 0.207. The maximum absolute atomic E-state index is 11.8.